The lowest BCUT2D eigenvalue weighted by Gasteiger charge is -2.05. The lowest BCUT2D eigenvalue weighted by Crippen LogP contribution is -2.11. The summed E-state index contributed by atoms with van der Waals surface area (Å²) in [5, 5.41) is 3.94. The summed E-state index contributed by atoms with van der Waals surface area (Å²) in [5.41, 5.74) is 3.23. The minimum atomic E-state index is -0.135. The van der Waals surface area contributed by atoms with Crippen LogP contribution in [0.1, 0.15) is 15.4 Å². The molecule has 5 nitrogen and oxygen atoms in total. The van der Waals surface area contributed by atoms with Gasteiger partial charge in [0.15, 0.2) is 0 Å². The van der Waals surface area contributed by atoms with Gasteiger partial charge in [-0.05, 0) is 37.3 Å². The van der Waals surface area contributed by atoms with Gasteiger partial charge in [0.1, 0.15) is 0 Å². The molecule has 4 aromatic rings. The number of carbonyl (C=O) groups is 1. The lowest BCUT2D eigenvalue weighted by molar-refractivity contribution is 0.102. The van der Waals surface area contributed by atoms with Crippen LogP contribution in [-0.2, 0) is 0 Å². The third-order valence-corrected chi connectivity index (χ3v) is 4.36. The largest absolute Gasteiger partial charge is 0.322 e. The molecule has 0 aliphatic heterocycles. The second-order valence-corrected chi connectivity index (χ2v) is 6.25. The Balaban J connectivity index is 1.64. The van der Waals surface area contributed by atoms with E-state index in [1.54, 1.807) is 29.9 Å². The fraction of sp³-hybridized carbons (Fsp3) is 0.0625. The van der Waals surface area contributed by atoms with Crippen LogP contribution >= 0.6 is 11.3 Å². The number of aromatic nitrogens is 3. The molecule has 1 amide bonds. The number of nitrogens with zero attached hydrogens (tertiary/aromatic N) is 3. The van der Waals surface area contributed by atoms with E-state index in [1.807, 2.05) is 41.8 Å². The molecule has 6 heteroatoms. The number of rotatable bonds is 2. The predicted molar refractivity (Wildman–Crippen MR) is 87.5 cm³/mol. The van der Waals surface area contributed by atoms with Crippen molar-refractivity contribution in [1.29, 1.82) is 0 Å². The maximum atomic E-state index is 12.4. The van der Waals surface area contributed by atoms with Crippen LogP contribution in [-0.4, -0.2) is 20.3 Å². The minimum Gasteiger partial charge on any atom is -0.322 e. The van der Waals surface area contributed by atoms with E-state index in [2.05, 4.69) is 15.3 Å². The number of imidazole rings is 1. The highest BCUT2D eigenvalue weighted by Gasteiger charge is 2.08. The summed E-state index contributed by atoms with van der Waals surface area (Å²) in [4.78, 5) is 20.8. The van der Waals surface area contributed by atoms with Crippen molar-refractivity contribution in [3.63, 3.8) is 0 Å². The van der Waals surface area contributed by atoms with Crippen LogP contribution in [0, 0.1) is 6.92 Å². The molecule has 108 valence electrons. The van der Waals surface area contributed by atoms with Gasteiger partial charge in [-0.15, -0.1) is 11.3 Å². The Hall–Kier alpha value is -2.73. The monoisotopic (exact) mass is 308 g/mol. The van der Waals surface area contributed by atoms with E-state index in [0.29, 0.717) is 5.56 Å². The van der Waals surface area contributed by atoms with Crippen LogP contribution in [0.4, 0.5) is 5.69 Å². The Morgan fingerprint density at radius 2 is 2.18 bits per heavy atom. The van der Waals surface area contributed by atoms with Gasteiger partial charge in [0.25, 0.3) is 5.91 Å². The van der Waals surface area contributed by atoms with E-state index in [0.717, 1.165) is 26.4 Å². The van der Waals surface area contributed by atoms with E-state index in [9.17, 15) is 4.79 Å². The number of nitrogens with one attached hydrogen (secondary N) is 1. The average Bonchev–Trinajstić information content (AvgIpc) is 3.10. The molecule has 1 aromatic carbocycles. The van der Waals surface area contributed by atoms with Gasteiger partial charge in [-0.3, -0.25) is 4.79 Å². The van der Waals surface area contributed by atoms with Gasteiger partial charge in [0.05, 0.1) is 33.3 Å². The molecule has 0 spiro atoms. The number of benzene rings is 1. The standard InChI is InChI=1S/C16H12N4OS/c1-10-18-14-3-2-12(7-15(14)22-10)19-16(21)11-4-5-20-9-17-8-13(20)6-11/h2-9H,1H3,(H,19,21). The molecule has 3 heterocycles. The zero-order chi connectivity index (χ0) is 15.1. The van der Waals surface area contributed by atoms with Crippen LogP contribution in [0.15, 0.2) is 49.1 Å². The summed E-state index contributed by atoms with van der Waals surface area (Å²) < 4.78 is 2.93. The number of pyridine rings is 1. The fourth-order valence-electron chi connectivity index (χ4n) is 2.38. The zero-order valence-corrected chi connectivity index (χ0v) is 12.6. The number of hydrogen-bond acceptors (Lipinski definition) is 4. The summed E-state index contributed by atoms with van der Waals surface area (Å²) in [5.74, 6) is -0.135. The Labute approximate surface area is 130 Å². The summed E-state index contributed by atoms with van der Waals surface area (Å²) in [6.07, 6.45) is 5.26. The van der Waals surface area contributed by atoms with E-state index in [4.69, 9.17) is 0 Å². The van der Waals surface area contributed by atoms with E-state index in [-0.39, 0.29) is 5.91 Å². The molecule has 0 atom stereocenters. The molecule has 0 unspecified atom stereocenters. The van der Waals surface area contributed by atoms with Gasteiger partial charge >= 0.3 is 0 Å². The molecule has 0 saturated heterocycles. The first kappa shape index (κ1) is 13.0. The molecular formula is C16H12N4OS. The first-order chi connectivity index (χ1) is 10.7. The maximum absolute atomic E-state index is 12.4. The summed E-state index contributed by atoms with van der Waals surface area (Å²) >= 11 is 1.62. The number of hydrogen-bond donors (Lipinski definition) is 1. The third-order valence-electron chi connectivity index (χ3n) is 3.43. The molecule has 3 aromatic heterocycles. The zero-order valence-electron chi connectivity index (χ0n) is 11.8. The molecule has 4 rings (SSSR count). The van der Waals surface area contributed by atoms with Gasteiger partial charge in [0, 0.05) is 17.4 Å². The van der Waals surface area contributed by atoms with E-state index < -0.39 is 0 Å². The van der Waals surface area contributed by atoms with Crippen molar-refractivity contribution in [3.8, 4) is 0 Å². The summed E-state index contributed by atoms with van der Waals surface area (Å²) in [7, 11) is 0. The number of anilines is 1. The topological polar surface area (TPSA) is 59.3 Å². The highest BCUT2D eigenvalue weighted by Crippen LogP contribution is 2.25. The van der Waals surface area contributed by atoms with Crippen molar-refractivity contribution in [2.24, 2.45) is 0 Å². The van der Waals surface area contributed by atoms with Gasteiger partial charge in [0.2, 0.25) is 0 Å². The molecule has 0 radical (unpaired) electrons. The SMILES string of the molecule is Cc1nc2ccc(NC(=O)c3ccn4cncc4c3)cc2s1. The average molecular weight is 308 g/mol. The Bertz CT molecular complexity index is 1000. The van der Waals surface area contributed by atoms with Gasteiger partial charge < -0.3 is 9.72 Å². The van der Waals surface area contributed by atoms with Crippen molar-refractivity contribution in [2.45, 2.75) is 6.92 Å². The van der Waals surface area contributed by atoms with Crippen molar-refractivity contribution >= 4 is 38.7 Å². The molecule has 0 aliphatic carbocycles. The normalized spacial score (nSPS) is 11.1. The van der Waals surface area contributed by atoms with Gasteiger partial charge in [-0.1, -0.05) is 0 Å². The number of carbonyl (C=O) groups excluding carboxylic acids is 1. The van der Waals surface area contributed by atoms with Crippen molar-refractivity contribution in [1.82, 2.24) is 14.4 Å². The molecule has 0 saturated carbocycles. The van der Waals surface area contributed by atoms with E-state index >= 15 is 0 Å². The third kappa shape index (κ3) is 2.23. The van der Waals surface area contributed by atoms with Crippen LogP contribution in [0.2, 0.25) is 0 Å². The second-order valence-electron chi connectivity index (χ2n) is 5.01. The van der Waals surface area contributed by atoms with Crippen LogP contribution in [0.3, 0.4) is 0 Å². The first-order valence-corrected chi connectivity index (χ1v) is 7.61. The Morgan fingerprint density at radius 3 is 3.09 bits per heavy atom. The van der Waals surface area contributed by atoms with Gasteiger partial charge in [-0.2, -0.15) is 0 Å². The summed E-state index contributed by atoms with van der Waals surface area (Å²) in [6, 6.07) is 9.34. The van der Waals surface area contributed by atoms with Crippen LogP contribution in [0.5, 0.6) is 0 Å². The fourth-order valence-corrected chi connectivity index (χ4v) is 3.25. The smallest absolute Gasteiger partial charge is 0.255 e. The summed E-state index contributed by atoms with van der Waals surface area (Å²) in [6.45, 7) is 1.98. The quantitative estimate of drug-likeness (QED) is 0.616. The molecule has 0 fully saturated rings. The van der Waals surface area contributed by atoms with Crippen LogP contribution < -0.4 is 5.32 Å². The maximum Gasteiger partial charge on any atom is 0.255 e. The Morgan fingerprint density at radius 1 is 1.27 bits per heavy atom. The highest BCUT2D eigenvalue weighted by atomic mass is 32.1. The number of aryl methyl sites for hydroxylation is 1. The second kappa shape index (κ2) is 4.92. The van der Waals surface area contributed by atoms with Crippen molar-refractivity contribution in [3.05, 3.63) is 59.6 Å². The molecule has 1 N–H and O–H groups in total. The number of thiazole rings is 1. The lowest BCUT2D eigenvalue weighted by atomic mass is 10.2. The number of fused-ring (bicyclic) bond motifs is 2. The van der Waals surface area contributed by atoms with Gasteiger partial charge in [-0.25, -0.2) is 9.97 Å². The minimum absolute atomic E-state index is 0.135. The molecule has 0 aliphatic rings. The number of amides is 1. The van der Waals surface area contributed by atoms with Crippen LogP contribution in [0.25, 0.3) is 15.7 Å². The Kier molecular flexibility index (Phi) is 2.90. The van der Waals surface area contributed by atoms with E-state index in [1.165, 1.54) is 0 Å². The molecular weight excluding hydrogens is 296 g/mol. The molecule has 0 bridgehead atoms. The first-order valence-electron chi connectivity index (χ1n) is 6.79. The predicted octanol–water partition coefficient (Wildman–Crippen LogP) is 3.50. The van der Waals surface area contributed by atoms with Crippen molar-refractivity contribution in [2.75, 3.05) is 5.32 Å². The van der Waals surface area contributed by atoms with Crippen molar-refractivity contribution < 1.29 is 4.79 Å². The highest BCUT2D eigenvalue weighted by molar-refractivity contribution is 7.18. The molecule has 22 heavy (non-hydrogen) atoms.